The second kappa shape index (κ2) is 7.17. The third kappa shape index (κ3) is 4.63. The van der Waals surface area contributed by atoms with Crippen molar-refractivity contribution in [2.24, 2.45) is 0 Å². The van der Waals surface area contributed by atoms with Gasteiger partial charge in [0.2, 0.25) is 0 Å². The molecule has 0 atom stereocenters. The Bertz CT molecular complexity index is 626. The lowest BCUT2D eigenvalue weighted by Crippen LogP contribution is -2.21. The van der Waals surface area contributed by atoms with Crippen LogP contribution in [0.15, 0.2) is 36.4 Å². The molecule has 2 aromatic carbocycles. The molecule has 2 nitrogen and oxygen atoms in total. The number of hydrogen-bond donors (Lipinski definition) is 1. The molecule has 0 fully saturated rings. The van der Waals surface area contributed by atoms with Gasteiger partial charge in [0, 0.05) is 12.6 Å². The van der Waals surface area contributed by atoms with Gasteiger partial charge in [-0.2, -0.15) is 0 Å². The highest BCUT2D eigenvalue weighted by Gasteiger charge is 2.08. The van der Waals surface area contributed by atoms with E-state index in [2.05, 4.69) is 19.2 Å². The lowest BCUT2D eigenvalue weighted by Gasteiger charge is -2.12. The Morgan fingerprint density at radius 1 is 1.00 bits per heavy atom. The number of halogens is 2. The van der Waals surface area contributed by atoms with Gasteiger partial charge in [-0.05, 0) is 42.3 Å². The van der Waals surface area contributed by atoms with Crippen LogP contribution in [0.2, 0.25) is 10.0 Å². The van der Waals surface area contributed by atoms with E-state index in [4.69, 9.17) is 27.9 Å². The molecule has 4 heteroatoms. The molecule has 0 saturated heterocycles. The molecule has 0 aliphatic heterocycles. The van der Waals surface area contributed by atoms with Gasteiger partial charge in [0.25, 0.3) is 0 Å². The summed E-state index contributed by atoms with van der Waals surface area (Å²) in [6.07, 6.45) is 0. The van der Waals surface area contributed by atoms with Gasteiger partial charge in [-0.3, -0.25) is 0 Å². The highest BCUT2D eigenvalue weighted by Crippen LogP contribution is 2.34. The summed E-state index contributed by atoms with van der Waals surface area (Å²) in [6, 6.07) is 11.9. The van der Waals surface area contributed by atoms with Crippen LogP contribution in [0, 0.1) is 6.92 Å². The Hall–Kier alpha value is -1.22. The van der Waals surface area contributed by atoms with Crippen LogP contribution in [0.4, 0.5) is 0 Å². The summed E-state index contributed by atoms with van der Waals surface area (Å²) in [5.41, 5.74) is 2.21. The van der Waals surface area contributed by atoms with Crippen molar-refractivity contribution in [2.45, 2.75) is 33.4 Å². The van der Waals surface area contributed by atoms with Gasteiger partial charge >= 0.3 is 0 Å². The maximum Gasteiger partial charge on any atom is 0.146 e. The molecular formula is C17H19Cl2NO. The Morgan fingerprint density at radius 2 is 1.76 bits per heavy atom. The minimum absolute atomic E-state index is 0.436. The molecule has 0 aliphatic carbocycles. The van der Waals surface area contributed by atoms with Crippen molar-refractivity contribution in [1.29, 1.82) is 0 Å². The number of rotatable bonds is 5. The summed E-state index contributed by atoms with van der Waals surface area (Å²) in [5, 5.41) is 4.50. The van der Waals surface area contributed by atoms with E-state index in [0.717, 1.165) is 17.7 Å². The fourth-order valence-electron chi connectivity index (χ4n) is 1.87. The van der Waals surface area contributed by atoms with E-state index in [1.165, 1.54) is 0 Å². The Labute approximate surface area is 136 Å². The Morgan fingerprint density at radius 3 is 2.43 bits per heavy atom. The summed E-state index contributed by atoms with van der Waals surface area (Å²) >= 11 is 12.4. The van der Waals surface area contributed by atoms with E-state index in [1.54, 1.807) is 0 Å². The SMILES string of the molecule is Cc1ccc(Cl)c(Oc2ccc(CNC(C)C)cc2Cl)c1. The van der Waals surface area contributed by atoms with Gasteiger partial charge in [0.1, 0.15) is 11.5 Å². The first-order valence-corrected chi connectivity index (χ1v) is 7.67. The zero-order chi connectivity index (χ0) is 15.4. The average Bonchev–Trinajstić information content (AvgIpc) is 2.43. The molecule has 1 N–H and O–H groups in total. The van der Waals surface area contributed by atoms with Crippen molar-refractivity contribution in [2.75, 3.05) is 0 Å². The van der Waals surface area contributed by atoms with Crippen LogP contribution >= 0.6 is 23.2 Å². The van der Waals surface area contributed by atoms with E-state index < -0.39 is 0 Å². The highest BCUT2D eigenvalue weighted by molar-refractivity contribution is 6.32. The first-order valence-electron chi connectivity index (χ1n) is 6.91. The van der Waals surface area contributed by atoms with Gasteiger partial charge < -0.3 is 10.1 Å². The van der Waals surface area contributed by atoms with Crippen LogP contribution in [0.25, 0.3) is 0 Å². The molecule has 112 valence electrons. The smallest absolute Gasteiger partial charge is 0.146 e. The molecule has 0 bridgehead atoms. The first-order chi connectivity index (χ1) is 9.95. The van der Waals surface area contributed by atoms with Crippen molar-refractivity contribution in [1.82, 2.24) is 5.32 Å². The molecule has 2 rings (SSSR count). The lowest BCUT2D eigenvalue weighted by atomic mass is 10.2. The molecule has 0 unspecified atom stereocenters. The topological polar surface area (TPSA) is 21.3 Å². The quantitative estimate of drug-likeness (QED) is 0.774. The van der Waals surface area contributed by atoms with E-state index in [9.17, 15) is 0 Å². The highest BCUT2D eigenvalue weighted by atomic mass is 35.5. The van der Waals surface area contributed by atoms with E-state index in [-0.39, 0.29) is 0 Å². The molecule has 21 heavy (non-hydrogen) atoms. The van der Waals surface area contributed by atoms with Gasteiger partial charge in [0.05, 0.1) is 10.0 Å². The summed E-state index contributed by atoms with van der Waals surface area (Å²) in [7, 11) is 0. The number of ether oxygens (including phenoxy) is 1. The molecule has 0 aromatic heterocycles. The first kappa shape index (κ1) is 16.2. The fourth-order valence-corrected chi connectivity index (χ4v) is 2.26. The van der Waals surface area contributed by atoms with Crippen LogP contribution in [0.5, 0.6) is 11.5 Å². The summed E-state index contributed by atoms with van der Waals surface area (Å²) in [4.78, 5) is 0. The molecule has 2 aromatic rings. The number of aryl methyl sites for hydroxylation is 1. The van der Waals surface area contributed by atoms with Gasteiger partial charge in [0.15, 0.2) is 0 Å². The molecule has 0 heterocycles. The van der Waals surface area contributed by atoms with Crippen molar-refractivity contribution in [3.8, 4) is 11.5 Å². The molecule has 0 aliphatic rings. The minimum atomic E-state index is 0.436. The Kier molecular flexibility index (Phi) is 5.51. The zero-order valence-corrected chi connectivity index (χ0v) is 13.9. The maximum absolute atomic E-state index is 6.29. The number of hydrogen-bond acceptors (Lipinski definition) is 2. The molecule has 0 radical (unpaired) electrons. The summed E-state index contributed by atoms with van der Waals surface area (Å²) < 4.78 is 5.82. The Balaban J connectivity index is 2.15. The van der Waals surface area contributed by atoms with Crippen LogP contribution in [0.1, 0.15) is 25.0 Å². The van der Waals surface area contributed by atoms with Gasteiger partial charge in [-0.25, -0.2) is 0 Å². The third-order valence-corrected chi connectivity index (χ3v) is 3.62. The molecular weight excluding hydrogens is 305 g/mol. The average molecular weight is 324 g/mol. The van der Waals surface area contributed by atoms with Crippen molar-refractivity contribution in [3.05, 3.63) is 57.6 Å². The predicted molar refractivity (Wildman–Crippen MR) is 89.7 cm³/mol. The molecule has 0 spiro atoms. The predicted octanol–water partition coefficient (Wildman–Crippen LogP) is 5.59. The standard InChI is InChI=1S/C17H19Cl2NO/c1-11(2)20-10-13-5-7-16(15(19)9-13)21-17-8-12(3)4-6-14(17)18/h4-9,11,20H,10H2,1-3H3. The van der Waals surface area contributed by atoms with Crippen LogP contribution < -0.4 is 10.1 Å². The second-order valence-corrected chi connectivity index (χ2v) is 6.15. The fraction of sp³-hybridized carbons (Fsp3) is 0.294. The van der Waals surface area contributed by atoms with E-state index in [0.29, 0.717) is 27.6 Å². The second-order valence-electron chi connectivity index (χ2n) is 5.34. The van der Waals surface area contributed by atoms with E-state index in [1.807, 2.05) is 43.3 Å². The van der Waals surface area contributed by atoms with Crippen molar-refractivity contribution < 1.29 is 4.74 Å². The van der Waals surface area contributed by atoms with Gasteiger partial charge in [-0.1, -0.05) is 49.2 Å². The molecule has 0 saturated carbocycles. The normalized spacial score (nSPS) is 11.0. The lowest BCUT2D eigenvalue weighted by molar-refractivity contribution is 0.482. The number of benzene rings is 2. The third-order valence-electron chi connectivity index (χ3n) is 3.02. The summed E-state index contributed by atoms with van der Waals surface area (Å²) in [5.74, 6) is 1.23. The van der Waals surface area contributed by atoms with Crippen LogP contribution in [-0.4, -0.2) is 6.04 Å². The summed E-state index contributed by atoms with van der Waals surface area (Å²) in [6.45, 7) is 6.99. The van der Waals surface area contributed by atoms with Crippen molar-refractivity contribution in [3.63, 3.8) is 0 Å². The van der Waals surface area contributed by atoms with Gasteiger partial charge in [-0.15, -0.1) is 0 Å². The number of nitrogens with one attached hydrogen (secondary N) is 1. The largest absolute Gasteiger partial charge is 0.454 e. The zero-order valence-electron chi connectivity index (χ0n) is 12.4. The van der Waals surface area contributed by atoms with Crippen LogP contribution in [0.3, 0.4) is 0 Å². The minimum Gasteiger partial charge on any atom is -0.454 e. The van der Waals surface area contributed by atoms with Crippen molar-refractivity contribution >= 4 is 23.2 Å². The van der Waals surface area contributed by atoms with Crippen LogP contribution in [-0.2, 0) is 6.54 Å². The monoisotopic (exact) mass is 323 g/mol. The van der Waals surface area contributed by atoms with E-state index >= 15 is 0 Å². The maximum atomic E-state index is 6.29. The molecule has 0 amide bonds.